The third kappa shape index (κ3) is 18.8. The van der Waals surface area contributed by atoms with E-state index >= 15 is 0 Å². The predicted octanol–water partition coefficient (Wildman–Crippen LogP) is 2.69. The molecular weight excluding hydrogens is 729 g/mol. The smallest absolute Gasteiger partial charge is 0.545 e. The molecule has 6 N–H and O–H groups in total. The van der Waals surface area contributed by atoms with E-state index < -0.39 is 11.9 Å². The van der Waals surface area contributed by atoms with Crippen LogP contribution in [0, 0.1) is 0 Å². The van der Waals surface area contributed by atoms with Crippen LogP contribution in [0.5, 0.6) is 0 Å². The molecule has 260 valence electrons. The zero-order valence-electron chi connectivity index (χ0n) is 27.9. The number of aromatic carboxylic acids is 2. The molecule has 12 nitrogen and oxygen atoms in total. The number of hydrogen-bond acceptors (Lipinski definition) is 8. The maximum Gasteiger partial charge on any atom is 2.00 e. The fourth-order valence-corrected chi connectivity index (χ4v) is 3.79. The summed E-state index contributed by atoms with van der Waals surface area (Å²) in [4.78, 5) is 55.1. The van der Waals surface area contributed by atoms with Gasteiger partial charge in [0, 0.05) is 61.0 Å². The summed E-state index contributed by atoms with van der Waals surface area (Å²) in [5.41, 5.74) is 1.60. The van der Waals surface area contributed by atoms with Gasteiger partial charge in [-0.15, -0.1) is 0 Å². The first-order valence-electron chi connectivity index (χ1n) is 14.3. The summed E-state index contributed by atoms with van der Waals surface area (Å²) in [5.74, 6) is -2.26. The summed E-state index contributed by atoms with van der Waals surface area (Å²) in [6.07, 6.45) is 6.53. The van der Waals surface area contributed by atoms with Crippen LogP contribution in [0.3, 0.4) is 0 Å². The SMILES string of the molecule is CCN(CC)C(=O)c1cccnc1.CCN(CC)C(=O)c1cccnc1.O=C([O-])c1ccc(Cl)cc1.O=C([O-])c1ccc(Cl)cc1.[OH3+].[OH3+].[Zn+2]. The summed E-state index contributed by atoms with van der Waals surface area (Å²) in [5, 5.41) is 21.4. The molecule has 0 aliphatic heterocycles. The van der Waals surface area contributed by atoms with E-state index in [2.05, 4.69) is 9.97 Å². The van der Waals surface area contributed by atoms with Crippen LogP contribution in [0.2, 0.25) is 10.0 Å². The topological polar surface area (TPSA) is 213 Å². The van der Waals surface area contributed by atoms with Crippen LogP contribution in [0.25, 0.3) is 0 Å². The molecule has 15 heteroatoms. The summed E-state index contributed by atoms with van der Waals surface area (Å²) in [7, 11) is 0. The van der Waals surface area contributed by atoms with E-state index in [4.69, 9.17) is 23.2 Å². The van der Waals surface area contributed by atoms with Crippen molar-refractivity contribution in [1.82, 2.24) is 19.8 Å². The molecule has 4 rings (SSSR count). The number of carbonyl (C=O) groups is 4. The van der Waals surface area contributed by atoms with Gasteiger partial charge in [0.25, 0.3) is 11.8 Å². The molecule has 0 saturated carbocycles. The van der Waals surface area contributed by atoms with Gasteiger partial charge in [0.2, 0.25) is 0 Å². The summed E-state index contributed by atoms with van der Waals surface area (Å²) in [6, 6.07) is 18.7. The van der Waals surface area contributed by atoms with E-state index in [0.717, 1.165) is 26.2 Å². The van der Waals surface area contributed by atoms with Crippen LogP contribution in [-0.2, 0) is 30.4 Å². The Morgan fingerprint density at radius 3 is 1.04 bits per heavy atom. The minimum absolute atomic E-state index is 0. The first-order valence-corrected chi connectivity index (χ1v) is 15.1. The van der Waals surface area contributed by atoms with Gasteiger partial charge >= 0.3 is 19.5 Å². The van der Waals surface area contributed by atoms with Crippen LogP contribution in [0.4, 0.5) is 0 Å². The average molecular weight is 771 g/mol. The van der Waals surface area contributed by atoms with E-state index in [0.29, 0.717) is 21.2 Å². The minimum Gasteiger partial charge on any atom is -0.545 e. The first-order chi connectivity index (χ1) is 22.0. The molecule has 0 saturated heterocycles. The molecule has 2 aromatic heterocycles. The molecule has 0 spiro atoms. The maximum absolute atomic E-state index is 11.7. The third-order valence-corrected chi connectivity index (χ3v) is 6.58. The number of amides is 2. The third-order valence-electron chi connectivity index (χ3n) is 6.08. The normalized spacial score (nSPS) is 8.94. The number of pyridine rings is 2. The van der Waals surface area contributed by atoms with Gasteiger partial charge in [-0.3, -0.25) is 19.6 Å². The van der Waals surface area contributed by atoms with Crippen molar-refractivity contribution in [2.75, 3.05) is 26.2 Å². The second kappa shape index (κ2) is 27.7. The first kappa shape index (κ1) is 49.1. The Bertz CT molecular complexity index is 1380. The molecular formula is C34H42Cl2N4O8Zn+2. The van der Waals surface area contributed by atoms with E-state index in [1.807, 2.05) is 27.7 Å². The van der Waals surface area contributed by atoms with Gasteiger partial charge in [0.05, 0.1) is 23.1 Å². The van der Waals surface area contributed by atoms with Crippen molar-refractivity contribution >= 4 is 47.0 Å². The number of hydrogen-bond donors (Lipinski definition) is 0. The van der Waals surface area contributed by atoms with Crippen molar-refractivity contribution in [3.05, 3.63) is 130 Å². The van der Waals surface area contributed by atoms with Gasteiger partial charge in [-0.05, 0) is 87.4 Å². The molecule has 0 fully saturated rings. The standard InChI is InChI=1S/2C10H14N2O.2C7H5ClO2.2H2O.Zn/c2*1-3-12(4-2)10(13)9-6-5-7-11-8-9;2*8-6-3-1-5(2-4-6)7(9)10;;;/h2*5-8H,3-4H2,1-2H3;2*1-4H,(H,9,10);2*1H2;/q;;;;;;+2. The number of rotatable bonds is 8. The van der Waals surface area contributed by atoms with E-state index in [9.17, 15) is 29.4 Å². The molecule has 2 amide bonds. The Labute approximate surface area is 309 Å². The number of halogens is 2. The van der Waals surface area contributed by atoms with Gasteiger partial charge in [0.15, 0.2) is 0 Å². The van der Waals surface area contributed by atoms with Crippen molar-refractivity contribution in [3.8, 4) is 0 Å². The van der Waals surface area contributed by atoms with Crippen LogP contribution in [-0.4, -0.2) is 69.7 Å². The Kier molecular flexibility index (Phi) is 27.7. The molecule has 4 aromatic rings. The molecule has 0 atom stereocenters. The fourth-order valence-electron chi connectivity index (χ4n) is 3.54. The van der Waals surface area contributed by atoms with Crippen molar-refractivity contribution in [2.45, 2.75) is 27.7 Å². The molecule has 2 heterocycles. The Hall–Kier alpha value is -4.26. The van der Waals surface area contributed by atoms with Crippen molar-refractivity contribution in [1.29, 1.82) is 0 Å². The van der Waals surface area contributed by atoms with Crippen LogP contribution < -0.4 is 10.2 Å². The summed E-state index contributed by atoms with van der Waals surface area (Å²) in [6.45, 7) is 10.8. The van der Waals surface area contributed by atoms with Crippen LogP contribution in [0.15, 0.2) is 97.6 Å². The maximum atomic E-state index is 11.7. The monoisotopic (exact) mass is 768 g/mol. The van der Waals surface area contributed by atoms with Gasteiger partial charge in [-0.1, -0.05) is 47.5 Å². The fraction of sp³-hybridized carbons (Fsp3) is 0.235. The quantitative estimate of drug-likeness (QED) is 0.191. The number of benzene rings is 2. The molecule has 2 aromatic carbocycles. The van der Waals surface area contributed by atoms with E-state index in [-0.39, 0.29) is 53.4 Å². The van der Waals surface area contributed by atoms with Crippen LogP contribution >= 0.6 is 23.2 Å². The molecule has 0 radical (unpaired) electrons. The molecule has 0 aliphatic rings. The molecule has 0 aliphatic carbocycles. The van der Waals surface area contributed by atoms with Crippen molar-refractivity contribution < 1.29 is 59.8 Å². The largest absolute Gasteiger partial charge is 2.00 e. The Morgan fingerprint density at radius 1 is 0.551 bits per heavy atom. The number of nitrogens with zero attached hydrogens (tertiary/aromatic N) is 4. The van der Waals surface area contributed by atoms with Crippen molar-refractivity contribution in [3.63, 3.8) is 0 Å². The average Bonchev–Trinajstić information content (AvgIpc) is 3.08. The minimum atomic E-state index is -1.18. The van der Waals surface area contributed by atoms with Gasteiger partial charge in [0.1, 0.15) is 0 Å². The number of carboxylic acid groups (broad SMARTS) is 2. The van der Waals surface area contributed by atoms with Crippen molar-refractivity contribution in [2.24, 2.45) is 0 Å². The van der Waals surface area contributed by atoms with E-state index in [1.54, 1.807) is 58.9 Å². The Morgan fingerprint density at radius 2 is 0.837 bits per heavy atom. The van der Waals surface area contributed by atoms with E-state index in [1.165, 1.54) is 48.5 Å². The molecule has 49 heavy (non-hydrogen) atoms. The number of carboxylic acids is 2. The number of aromatic nitrogens is 2. The summed E-state index contributed by atoms with van der Waals surface area (Å²) < 4.78 is 0. The van der Waals surface area contributed by atoms with Crippen LogP contribution in [0.1, 0.15) is 69.1 Å². The second-order valence-electron chi connectivity index (χ2n) is 9.03. The van der Waals surface area contributed by atoms with Gasteiger partial charge < -0.3 is 40.6 Å². The second-order valence-corrected chi connectivity index (χ2v) is 9.90. The zero-order chi connectivity index (χ0) is 34.5. The molecule has 0 bridgehead atoms. The predicted molar refractivity (Wildman–Crippen MR) is 184 cm³/mol. The molecule has 0 unspecified atom stereocenters. The number of carbonyl (C=O) groups excluding carboxylic acids is 4. The van der Waals surface area contributed by atoms with Gasteiger partial charge in [-0.25, -0.2) is 0 Å². The Balaban J connectivity index is -0.000000568. The van der Waals surface area contributed by atoms with Gasteiger partial charge in [-0.2, -0.15) is 0 Å². The zero-order valence-corrected chi connectivity index (χ0v) is 32.4. The summed E-state index contributed by atoms with van der Waals surface area (Å²) >= 11 is 11.0.